The number of carboxylic acids is 1. The Morgan fingerprint density at radius 1 is 0.863 bits per heavy atom. The highest BCUT2D eigenvalue weighted by Gasteiger charge is 2.54. The number of phenols is 1. The van der Waals surface area contributed by atoms with E-state index in [2.05, 4.69) is 10.6 Å². The predicted octanol–water partition coefficient (Wildman–Crippen LogP) is 5.54. The average Bonchev–Trinajstić information content (AvgIpc) is 4.00. The molecular weight excluding hydrogens is 1040 g/mol. The van der Waals surface area contributed by atoms with Gasteiger partial charge < -0.3 is 59.8 Å². The van der Waals surface area contributed by atoms with Gasteiger partial charge >= 0.3 is 17.7 Å². The van der Waals surface area contributed by atoms with E-state index in [1.165, 1.54) is 53.0 Å². The highest BCUT2D eigenvalue weighted by molar-refractivity contribution is 6.32. The molecule has 5 aliphatic heterocycles. The number of ether oxygens (including phenoxy) is 4. The number of carbonyl (C=O) groups is 6. The number of rotatable bonds is 8. The summed E-state index contributed by atoms with van der Waals surface area (Å²) in [4.78, 5) is 101. The second-order valence-electron chi connectivity index (χ2n) is 22.6. The van der Waals surface area contributed by atoms with Crippen LogP contribution in [-0.2, 0) is 23.8 Å². The summed E-state index contributed by atoms with van der Waals surface area (Å²) in [5.41, 5.74) is -1.08. The first-order chi connectivity index (χ1) is 37.8. The summed E-state index contributed by atoms with van der Waals surface area (Å²) >= 11 is 0. The Morgan fingerprint density at radius 3 is 2.16 bits per heavy atom. The summed E-state index contributed by atoms with van der Waals surface area (Å²) in [6.45, 7) is 15.1. The van der Waals surface area contributed by atoms with Crippen molar-refractivity contribution in [2.75, 3.05) is 38.2 Å². The van der Waals surface area contributed by atoms with Crippen molar-refractivity contribution in [3.8, 4) is 11.5 Å². The van der Waals surface area contributed by atoms with Gasteiger partial charge in [-0.3, -0.25) is 33.2 Å². The number of likely N-dealkylation sites (tertiary alicyclic amines) is 1. The summed E-state index contributed by atoms with van der Waals surface area (Å²) in [5.74, 6) is -11.7. The summed E-state index contributed by atoms with van der Waals surface area (Å²) < 4.78 is 41.1. The molecular formula is C59H70FN5O15. The Morgan fingerprint density at radius 2 is 1.52 bits per heavy atom. The molecule has 0 radical (unpaired) electrons. The van der Waals surface area contributed by atoms with Gasteiger partial charge in [-0.15, -0.1) is 0 Å². The van der Waals surface area contributed by atoms with E-state index in [1.54, 1.807) is 51.7 Å². The zero-order valence-corrected chi connectivity index (χ0v) is 46.5. The van der Waals surface area contributed by atoms with Crippen molar-refractivity contribution < 1.29 is 72.5 Å². The number of carbonyl (C=O) groups excluding carboxylic acids is 5. The molecule has 1 saturated carbocycles. The van der Waals surface area contributed by atoms with Gasteiger partial charge in [0.2, 0.25) is 11.6 Å². The molecule has 1 unspecified atom stereocenters. The first kappa shape index (κ1) is 57.5. The predicted molar refractivity (Wildman–Crippen MR) is 289 cm³/mol. The SMILES string of the molecule is CO[C@H]1/C=C/O[C@@]2(C)Oc3c(C)c(O)c4c(c3C2=O)C(=O)C(N2CCC(N[C@H]3CCN(c5c(F)cn6c(=O)c(C(=O)O)cc(C7CC7)c6c5C)C3)C2)=C(NC(=O)/C(C)=C\C=C\[C@H](C)[C@H](O)[C@@H](C)[C@@H](O)[C@@H](C)[C@H](OC(C)=O)[C@@H]1C)C4=O. The third-order valence-corrected chi connectivity index (χ3v) is 17.1. The van der Waals surface area contributed by atoms with Crippen molar-refractivity contribution in [2.24, 2.45) is 23.7 Å². The number of methoxy groups -OCH3 is 1. The van der Waals surface area contributed by atoms with E-state index < -0.39 is 129 Å². The molecule has 2 aromatic heterocycles. The number of hydrogen-bond donors (Lipinski definition) is 6. The number of allylic oxidation sites excluding steroid dienone is 4. The van der Waals surface area contributed by atoms with Crippen LogP contribution in [0.25, 0.3) is 5.52 Å². The number of aliphatic hydroxyl groups excluding tert-OH is 2. The summed E-state index contributed by atoms with van der Waals surface area (Å²) in [6, 6.07) is 0.913. The Kier molecular flexibility index (Phi) is 15.8. The second-order valence-corrected chi connectivity index (χ2v) is 22.6. The molecule has 2 saturated heterocycles. The molecule has 6 N–H and O–H groups in total. The van der Waals surface area contributed by atoms with Crippen molar-refractivity contribution in [3.05, 3.63) is 115 Å². The van der Waals surface area contributed by atoms with Crippen LogP contribution in [0.5, 0.6) is 11.5 Å². The number of halogens is 1. The van der Waals surface area contributed by atoms with Crippen molar-refractivity contribution >= 4 is 46.4 Å². The van der Waals surface area contributed by atoms with E-state index >= 15 is 14.0 Å². The molecule has 1 aromatic carbocycles. The Bertz CT molecular complexity index is 3300. The first-order valence-electron chi connectivity index (χ1n) is 27.2. The highest BCUT2D eigenvalue weighted by Crippen LogP contribution is 2.50. The molecule has 10 rings (SSSR count). The van der Waals surface area contributed by atoms with E-state index in [4.69, 9.17) is 18.9 Å². The van der Waals surface area contributed by atoms with Crippen molar-refractivity contribution in [3.63, 3.8) is 0 Å². The van der Waals surface area contributed by atoms with Crippen LogP contribution in [0.2, 0.25) is 0 Å². The van der Waals surface area contributed by atoms with Crippen molar-refractivity contribution in [1.29, 1.82) is 0 Å². The monoisotopic (exact) mass is 1110 g/mol. The van der Waals surface area contributed by atoms with E-state index in [0.29, 0.717) is 48.3 Å². The molecule has 3 aromatic rings. The Balaban J connectivity index is 1.05. The van der Waals surface area contributed by atoms with Gasteiger partial charge in [-0.05, 0) is 75.6 Å². The topological polar surface area (TPSA) is 272 Å². The number of aromatic hydroxyl groups is 1. The van der Waals surface area contributed by atoms with Gasteiger partial charge in [0.05, 0.1) is 58.7 Å². The molecule has 5 bridgehead atoms. The zero-order valence-electron chi connectivity index (χ0n) is 46.5. The number of Topliss-reactive ketones (excluding diaryl/α,β-unsaturated/α-hetero) is 3. The molecule has 3 fully saturated rings. The molecule has 11 atom stereocenters. The molecule has 2 aliphatic carbocycles. The summed E-state index contributed by atoms with van der Waals surface area (Å²) in [7, 11) is 1.41. The van der Waals surface area contributed by atoms with Crippen LogP contribution in [0.1, 0.15) is 138 Å². The van der Waals surface area contributed by atoms with Crippen LogP contribution in [-0.4, -0.2) is 140 Å². The van der Waals surface area contributed by atoms with Crippen LogP contribution in [0, 0.1) is 43.3 Å². The van der Waals surface area contributed by atoms with Crippen LogP contribution in [0.4, 0.5) is 10.1 Å². The fourth-order valence-corrected chi connectivity index (χ4v) is 12.4. The lowest BCUT2D eigenvalue weighted by Gasteiger charge is -2.38. The standard InChI is InChI=1S/C59H70FN5O15/c1-26-12-11-13-27(2)56(73)62-44-47(64-20-17-36(24-64)61-35-16-19-63(23-35)46-29(4)45-37(34-14-15-34)22-38(58(75)76)57(74)65(45)25-39(46)60)52(71)41-42(51(44)70)50(69)32(7)54-43(41)55(72)59(9,80-54)78-21-18-40(77-10)28(3)53(79-33(8)66)31(6)49(68)30(5)48(26)67/h11-13,18,21-22,25-26,28,30-31,34-36,40,48-49,53,61,67-69H,14-17,19-20,23-24H2,1-10H3,(H,62,73)(H,75,76)/b12-11+,21-18+,27-13-/t26-,28+,30+,31+,35-,36?,40-,48-,49+,53+,59-/m0/s1. The first-order valence-corrected chi connectivity index (χ1v) is 27.2. The third-order valence-electron chi connectivity index (χ3n) is 17.1. The Labute approximate surface area is 461 Å². The number of anilines is 1. The van der Waals surface area contributed by atoms with Gasteiger partial charge in [-0.1, -0.05) is 45.9 Å². The number of aryl methyl sites for hydroxylation is 1. The number of amides is 1. The smallest absolute Gasteiger partial charge is 0.341 e. The molecule has 7 aliphatic rings. The average molecular weight is 1110 g/mol. The number of esters is 1. The number of nitrogens with one attached hydrogen (secondary N) is 2. The van der Waals surface area contributed by atoms with Crippen LogP contribution in [0.15, 0.2) is 64.6 Å². The minimum atomic E-state index is -2.16. The van der Waals surface area contributed by atoms with Crippen LogP contribution < -0.4 is 25.8 Å². The maximum absolute atomic E-state index is 16.2. The van der Waals surface area contributed by atoms with Gasteiger partial charge in [0.25, 0.3) is 17.2 Å². The van der Waals surface area contributed by atoms with Gasteiger partial charge in [0.15, 0.2) is 5.82 Å². The number of pyridine rings is 2. The van der Waals surface area contributed by atoms with Gasteiger partial charge in [0.1, 0.15) is 34.6 Å². The molecule has 428 valence electrons. The largest absolute Gasteiger partial charge is 0.507 e. The number of phenolic OH excluding ortho intramolecular Hbond substituents is 1. The molecule has 0 spiro atoms. The van der Waals surface area contributed by atoms with Crippen molar-refractivity contribution in [2.45, 2.75) is 136 Å². The quantitative estimate of drug-likeness (QED) is 0.151. The number of carboxylic acid groups (broad SMARTS) is 1. The van der Waals surface area contributed by atoms with E-state index in [-0.39, 0.29) is 59.2 Å². The molecule has 80 heavy (non-hydrogen) atoms. The molecule has 21 heteroatoms. The van der Waals surface area contributed by atoms with Gasteiger partial charge in [-0.2, -0.15) is 0 Å². The van der Waals surface area contributed by atoms with Crippen molar-refractivity contribution in [1.82, 2.24) is 19.9 Å². The minimum absolute atomic E-state index is 0.0458. The Hall–Kier alpha value is -7.20. The maximum Gasteiger partial charge on any atom is 0.341 e. The third kappa shape index (κ3) is 10.2. The van der Waals surface area contributed by atoms with E-state index in [0.717, 1.165) is 29.7 Å². The number of nitrogens with zero attached hydrogens (tertiary/aromatic N) is 3. The number of aromatic nitrogens is 1. The fraction of sp³-hybridized carbons (Fsp3) is 0.508. The minimum Gasteiger partial charge on any atom is -0.507 e. The van der Waals surface area contributed by atoms with Crippen LogP contribution in [0.3, 0.4) is 0 Å². The lowest BCUT2D eigenvalue weighted by atomic mass is 9.78. The summed E-state index contributed by atoms with van der Waals surface area (Å²) in [6.07, 6.45) is 6.89. The number of fused-ring (bicyclic) bond motifs is 15. The zero-order chi connectivity index (χ0) is 58.1. The number of aromatic carboxylic acids is 1. The lowest BCUT2D eigenvalue weighted by molar-refractivity contribution is -0.160. The number of hydrogen-bond acceptors (Lipinski definition) is 17. The van der Waals surface area contributed by atoms with E-state index in [1.807, 2.05) is 4.90 Å². The maximum atomic E-state index is 16.2. The summed E-state index contributed by atoms with van der Waals surface area (Å²) in [5, 5.41) is 51.1. The molecule has 1 amide bonds. The van der Waals surface area contributed by atoms with Gasteiger partial charge in [0, 0.05) is 94.0 Å². The molecule has 20 nitrogen and oxygen atoms in total. The van der Waals surface area contributed by atoms with Gasteiger partial charge in [-0.25, -0.2) is 9.18 Å². The highest BCUT2D eigenvalue weighted by atomic mass is 19.1. The number of aliphatic hydroxyl groups is 2. The van der Waals surface area contributed by atoms with Crippen LogP contribution >= 0.6 is 0 Å². The number of ketones is 3. The normalized spacial score (nSPS) is 31.0. The second kappa shape index (κ2) is 22.0. The molecule has 7 heterocycles. The number of benzene rings is 1. The fourth-order valence-electron chi connectivity index (χ4n) is 12.4. The van der Waals surface area contributed by atoms with E-state index in [9.17, 15) is 44.4 Å². The lowest BCUT2D eigenvalue weighted by Crippen LogP contribution is -2.46.